The zero-order chi connectivity index (χ0) is 22.3. The minimum absolute atomic E-state index is 0.0414. The van der Waals surface area contributed by atoms with E-state index in [-0.39, 0.29) is 36.2 Å². The summed E-state index contributed by atoms with van der Waals surface area (Å²) in [6.07, 6.45) is 6.70. The first-order chi connectivity index (χ1) is 15.4. The molecule has 5 fully saturated rings. The van der Waals surface area contributed by atoms with Gasteiger partial charge in [0, 0.05) is 35.2 Å². The summed E-state index contributed by atoms with van der Waals surface area (Å²) >= 11 is 0. The molecule has 3 unspecified atom stereocenters. The van der Waals surface area contributed by atoms with E-state index in [2.05, 4.69) is 15.3 Å². The van der Waals surface area contributed by atoms with Crippen molar-refractivity contribution in [3.05, 3.63) is 45.8 Å². The molecule has 172 valence electrons. The lowest BCUT2D eigenvalue weighted by molar-refractivity contribution is -0.182. The fraction of sp³-hybridized carbons (Fsp3) is 0.696. The van der Waals surface area contributed by atoms with E-state index in [0.29, 0.717) is 36.9 Å². The molecule has 4 bridgehead atoms. The number of nitrogens with one attached hydrogen (secondary N) is 1. The molecule has 0 spiro atoms. The van der Waals surface area contributed by atoms with Gasteiger partial charge >= 0.3 is 0 Å². The fourth-order valence-corrected chi connectivity index (χ4v) is 6.93. The molecule has 3 atom stereocenters. The molecule has 7 nitrogen and oxygen atoms in total. The van der Waals surface area contributed by atoms with Crippen LogP contribution in [0.1, 0.15) is 50.5 Å². The molecule has 1 saturated heterocycles. The van der Waals surface area contributed by atoms with Gasteiger partial charge in [0.1, 0.15) is 11.6 Å². The number of ether oxygens (including phenoxy) is 1. The Balaban J connectivity index is 1.23. The molecule has 0 aromatic heterocycles. The van der Waals surface area contributed by atoms with Gasteiger partial charge in [-0.15, -0.1) is 0 Å². The van der Waals surface area contributed by atoms with Gasteiger partial charge in [-0.1, -0.05) is 11.2 Å². The fourth-order valence-electron chi connectivity index (χ4n) is 6.93. The second-order valence-corrected chi connectivity index (χ2v) is 10.3. The molecule has 5 aliphatic rings. The minimum atomic E-state index is -0.586. The number of likely N-dealkylation sites (tertiary alicyclic amines) is 1. The number of hydrogen-bond acceptors (Lipinski definition) is 4. The lowest BCUT2D eigenvalue weighted by Gasteiger charge is -2.62. The Morgan fingerprint density at radius 2 is 2.06 bits per heavy atom. The predicted octanol–water partition coefficient (Wildman–Crippen LogP) is 4.07. The lowest BCUT2D eigenvalue weighted by Crippen LogP contribution is -2.66. The van der Waals surface area contributed by atoms with Crippen molar-refractivity contribution in [1.29, 1.82) is 0 Å². The molecule has 32 heavy (non-hydrogen) atoms. The standard InChI is InChI=1S/C23H29F2N5O2/c24-18-2-1-17(20(25)6-18)13-32-23-9-15-5-16(10-23)8-22(7-15,14-23)27-11-21(31)30-4-3-19(12-30)28-29-26/h1-2,6,15-16,19,27H,3-5,7-14H2. The topological polar surface area (TPSA) is 90.3 Å². The highest BCUT2D eigenvalue weighted by molar-refractivity contribution is 5.78. The molecule has 9 heteroatoms. The monoisotopic (exact) mass is 445 g/mol. The number of carbonyl (C=O) groups is 1. The zero-order valence-corrected chi connectivity index (χ0v) is 18.1. The summed E-state index contributed by atoms with van der Waals surface area (Å²) in [5, 5.41) is 7.33. The van der Waals surface area contributed by atoms with Crippen molar-refractivity contribution in [3.63, 3.8) is 0 Å². The smallest absolute Gasteiger partial charge is 0.236 e. The quantitative estimate of drug-likeness (QED) is 0.390. The van der Waals surface area contributed by atoms with Gasteiger partial charge in [-0.3, -0.25) is 4.79 Å². The Labute approximate surface area is 186 Å². The molecule has 1 amide bonds. The normalized spacial score (nSPS) is 35.2. The third kappa shape index (κ3) is 4.21. The Bertz CT molecular complexity index is 936. The summed E-state index contributed by atoms with van der Waals surface area (Å²) in [6.45, 7) is 1.51. The largest absolute Gasteiger partial charge is 0.370 e. The van der Waals surface area contributed by atoms with Crippen LogP contribution in [0, 0.1) is 23.5 Å². The van der Waals surface area contributed by atoms with Crippen molar-refractivity contribution in [2.24, 2.45) is 17.0 Å². The Hall–Kier alpha value is -2.22. The van der Waals surface area contributed by atoms with E-state index < -0.39 is 11.6 Å². The number of amides is 1. The van der Waals surface area contributed by atoms with Gasteiger partial charge in [-0.25, -0.2) is 8.78 Å². The van der Waals surface area contributed by atoms with Crippen LogP contribution in [0.25, 0.3) is 10.4 Å². The number of hydrogen-bond donors (Lipinski definition) is 1. The van der Waals surface area contributed by atoms with E-state index >= 15 is 0 Å². The van der Waals surface area contributed by atoms with Crippen LogP contribution < -0.4 is 5.32 Å². The van der Waals surface area contributed by atoms with Crippen LogP contribution >= 0.6 is 0 Å². The van der Waals surface area contributed by atoms with Gasteiger partial charge in [-0.2, -0.15) is 0 Å². The van der Waals surface area contributed by atoms with E-state index in [4.69, 9.17) is 10.3 Å². The summed E-state index contributed by atoms with van der Waals surface area (Å²) < 4.78 is 33.7. The van der Waals surface area contributed by atoms with Crippen LogP contribution in [-0.4, -0.2) is 47.6 Å². The third-order valence-corrected chi connectivity index (χ3v) is 7.90. The summed E-state index contributed by atoms with van der Waals surface area (Å²) in [4.78, 5) is 17.4. The van der Waals surface area contributed by atoms with E-state index in [9.17, 15) is 13.6 Å². The first-order valence-corrected chi connectivity index (χ1v) is 11.5. The highest BCUT2D eigenvalue weighted by Gasteiger charge is 2.58. The maximum Gasteiger partial charge on any atom is 0.236 e. The molecule has 1 heterocycles. The molecule has 6 rings (SSSR count). The predicted molar refractivity (Wildman–Crippen MR) is 113 cm³/mol. The average Bonchev–Trinajstić information content (AvgIpc) is 3.20. The Morgan fingerprint density at radius 3 is 2.78 bits per heavy atom. The van der Waals surface area contributed by atoms with Gasteiger partial charge in [0.2, 0.25) is 5.91 Å². The van der Waals surface area contributed by atoms with Crippen molar-refractivity contribution in [3.8, 4) is 0 Å². The van der Waals surface area contributed by atoms with Crippen molar-refractivity contribution in [2.45, 2.75) is 68.7 Å². The van der Waals surface area contributed by atoms with Crippen LogP contribution in [0.15, 0.2) is 23.3 Å². The summed E-state index contributed by atoms with van der Waals surface area (Å²) in [5.41, 5.74) is 8.54. The van der Waals surface area contributed by atoms with Gasteiger partial charge in [0.15, 0.2) is 0 Å². The van der Waals surface area contributed by atoms with E-state index in [1.807, 2.05) is 0 Å². The number of azide groups is 1. The van der Waals surface area contributed by atoms with Crippen molar-refractivity contribution < 1.29 is 18.3 Å². The second-order valence-electron chi connectivity index (χ2n) is 10.3. The molecular weight excluding hydrogens is 416 g/mol. The van der Waals surface area contributed by atoms with Gasteiger partial charge in [0.05, 0.1) is 24.8 Å². The van der Waals surface area contributed by atoms with Gasteiger partial charge in [0.25, 0.3) is 0 Å². The maximum absolute atomic E-state index is 14.1. The van der Waals surface area contributed by atoms with Crippen molar-refractivity contribution in [1.82, 2.24) is 10.2 Å². The molecule has 1 aliphatic heterocycles. The molecule has 4 saturated carbocycles. The number of rotatable bonds is 7. The van der Waals surface area contributed by atoms with Crippen LogP contribution in [0.5, 0.6) is 0 Å². The second kappa shape index (κ2) is 8.28. The number of nitrogens with zero attached hydrogens (tertiary/aromatic N) is 4. The van der Waals surface area contributed by atoms with Crippen molar-refractivity contribution >= 4 is 5.91 Å². The molecule has 0 radical (unpaired) electrons. The SMILES string of the molecule is [N-]=[N+]=NC1CCN(C(=O)CNC23CC4CC(C2)CC(OCc2ccc(F)cc2F)(C4)C3)C1. The van der Waals surface area contributed by atoms with E-state index in [0.717, 1.165) is 38.2 Å². The molecular formula is C23H29F2N5O2. The Morgan fingerprint density at radius 1 is 1.28 bits per heavy atom. The zero-order valence-electron chi connectivity index (χ0n) is 18.1. The lowest BCUT2D eigenvalue weighted by atomic mass is 9.51. The Kier molecular flexibility index (Phi) is 5.60. The first kappa shape index (κ1) is 21.6. The number of carbonyl (C=O) groups excluding carboxylic acids is 1. The minimum Gasteiger partial charge on any atom is -0.370 e. The molecule has 1 aromatic carbocycles. The van der Waals surface area contributed by atoms with Gasteiger partial charge in [-0.05, 0) is 68.4 Å². The molecule has 1 N–H and O–H groups in total. The van der Waals surface area contributed by atoms with Crippen LogP contribution in [0.3, 0.4) is 0 Å². The van der Waals surface area contributed by atoms with Crippen LogP contribution in [0.2, 0.25) is 0 Å². The molecule has 4 aliphatic carbocycles. The number of halogens is 2. The van der Waals surface area contributed by atoms with E-state index in [1.54, 1.807) is 4.90 Å². The maximum atomic E-state index is 14.1. The van der Waals surface area contributed by atoms with Crippen LogP contribution in [-0.2, 0) is 16.1 Å². The highest BCUT2D eigenvalue weighted by atomic mass is 19.1. The van der Waals surface area contributed by atoms with Crippen molar-refractivity contribution in [2.75, 3.05) is 19.6 Å². The first-order valence-electron chi connectivity index (χ1n) is 11.5. The third-order valence-electron chi connectivity index (χ3n) is 7.90. The van der Waals surface area contributed by atoms with E-state index in [1.165, 1.54) is 18.6 Å². The summed E-state index contributed by atoms with van der Waals surface area (Å²) in [5.74, 6) is -0.0359. The van der Waals surface area contributed by atoms with Crippen LogP contribution in [0.4, 0.5) is 8.78 Å². The molecule has 1 aromatic rings. The average molecular weight is 446 g/mol. The number of benzene rings is 1. The highest BCUT2D eigenvalue weighted by Crippen LogP contribution is 2.59. The van der Waals surface area contributed by atoms with Gasteiger partial charge < -0.3 is 15.0 Å². The summed E-state index contributed by atoms with van der Waals surface area (Å²) in [6, 6.07) is 3.49. The summed E-state index contributed by atoms with van der Waals surface area (Å²) in [7, 11) is 0.